The van der Waals surface area contributed by atoms with E-state index in [2.05, 4.69) is 19.2 Å². The first-order chi connectivity index (χ1) is 30.3. The molecule has 0 aromatic carbocycles. The van der Waals surface area contributed by atoms with Crippen molar-refractivity contribution in [1.82, 2.24) is 5.32 Å². The Hall–Kier alpha value is -0.810. The smallest absolute Gasteiger partial charge is 0.220 e. The number of ether oxygens (including phenoxy) is 2. The molecule has 1 rings (SSSR count). The SMILES string of the molecule is CCCCCCCCCCCCCCCCCCCCCCCCC(=O)N[C@@H](CO[C@H]1O[C@@H](CO)[C@H](O)C(O)C1O)[C@H](O)CCCCCCCCCCCCCCCCCCC. The Morgan fingerprint density at radius 1 is 0.484 bits per heavy atom. The topological polar surface area (TPSA) is 149 Å². The van der Waals surface area contributed by atoms with E-state index in [1.54, 1.807) is 0 Å². The molecule has 9 heteroatoms. The van der Waals surface area contributed by atoms with Gasteiger partial charge in [0.2, 0.25) is 5.91 Å². The molecule has 0 aliphatic carbocycles. The maximum Gasteiger partial charge on any atom is 0.220 e. The van der Waals surface area contributed by atoms with Crippen LogP contribution in [0.3, 0.4) is 0 Å². The second kappa shape index (κ2) is 44.0. The summed E-state index contributed by atoms with van der Waals surface area (Å²) in [4.78, 5) is 13.0. The summed E-state index contributed by atoms with van der Waals surface area (Å²) >= 11 is 0. The Labute approximate surface area is 383 Å². The first-order valence-corrected chi connectivity index (χ1v) is 27.2. The van der Waals surface area contributed by atoms with E-state index >= 15 is 0 Å². The number of amides is 1. The van der Waals surface area contributed by atoms with Crippen LogP contribution in [0.15, 0.2) is 0 Å². The third-order valence-electron chi connectivity index (χ3n) is 13.5. The van der Waals surface area contributed by atoms with Gasteiger partial charge in [0.25, 0.3) is 0 Å². The van der Waals surface area contributed by atoms with E-state index < -0.39 is 49.5 Å². The fraction of sp³-hybridized carbons (Fsp3) is 0.981. The van der Waals surface area contributed by atoms with E-state index in [0.717, 1.165) is 38.5 Å². The summed E-state index contributed by atoms with van der Waals surface area (Å²) in [6.45, 7) is 3.88. The van der Waals surface area contributed by atoms with Gasteiger partial charge in [-0.05, 0) is 12.8 Å². The van der Waals surface area contributed by atoms with Crippen LogP contribution in [-0.4, -0.2) is 87.5 Å². The lowest BCUT2D eigenvalue weighted by molar-refractivity contribution is -0.302. The molecular formula is C53H105NO8. The van der Waals surface area contributed by atoms with Gasteiger partial charge < -0.3 is 40.3 Å². The molecular weight excluding hydrogens is 779 g/mol. The molecule has 1 aliphatic heterocycles. The highest BCUT2D eigenvalue weighted by atomic mass is 16.7. The van der Waals surface area contributed by atoms with Gasteiger partial charge in [-0.15, -0.1) is 0 Å². The van der Waals surface area contributed by atoms with Gasteiger partial charge in [0.05, 0.1) is 25.4 Å². The molecule has 0 aromatic rings. The average molecular weight is 884 g/mol. The van der Waals surface area contributed by atoms with Crippen molar-refractivity contribution in [2.45, 2.75) is 320 Å². The van der Waals surface area contributed by atoms with E-state index in [-0.39, 0.29) is 12.5 Å². The van der Waals surface area contributed by atoms with Crippen LogP contribution < -0.4 is 5.32 Å². The number of aliphatic hydroxyl groups is 5. The highest BCUT2D eigenvalue weighted by molar-refractivity contribution is 5.76. The van der Waals surface area contributed by atoms with Gasteiger partial charge in [0.15, 0.2) is 6.29 Å². The second-order valence-electron chi connectivity index (χ2n) is 19.4. The van der Waals surface area contributed by atoms with Crippen LogP contribution in [0, 0.1) is 0 Å². The molecule has 1 heterocycles. The summed E-state index contributed by atoms with van der Waals surface area (Å²) in [5, 5.41) is 54.6. The zero-order chi connectivity index (χ0) is 45.1. The highest BCUT2D eigenvalue weighted by Gasteiger charge is 2.44. The number of carbonyl (C=O) groups is 1. The summed E-state index contributed by atoms with van der Waals surface area (Å²) in [5.41, 5.74) is 0. The zero-order valence-electron chi connectivity index (χ0n) is 40.9. The first kappa shape index (κ1) is 59.2. The lowest BCUT2D eigenvalue weighted by Crippen LogP contribution is -2.60. The first-order valence-electron chi connectivity index (χ1n) is 27.2. The number of unbranched alkanes of at least 4 members (excludes halogenated alkanes) is 37. The second-order valence-corrected chi connectivity index (χ2v) is 19.4. The van der Waals surface area contributed by atoms with Crippen molar-refractivity contribution in [2.24, 2.45) is 0 Å². The van der Waals surface area contributed by atoms with E-state index in [4.69, 9.17) is 9.47 Å². The van der Waals surface area contributed by atoms with Gasteiger partial charge in [-0.1, -0.05) is 258 Å². The van der Waals surface area contributed by atoms with Crippen molar-refractivity contribution in [1.29, 1.82) is 0 Å². The van der Waals surface area contributed by atoms with Gasteiger partial charge in [0.1, 0.15) is 24.4 Å². The number of hydrogen-bond donors (Lipinski definition) is 6. The van der Waals surface area contributed by atoms with Crippen LogP contribution in [0.5, 0.6) is 0 Å². The number of carbonyl (C=O) groups excluding carboxylic acids is 1. The number of rotatable bonds is 47. The minimum absolute atomic E-state index is 0.131. The van der Waals surface area contributed by atoms with Crippen LogP contribution >= 0.6 is 0 Å². The molecule has 0 spiro atoms. The van der Waals surface area contributed by atoms with Crippen LogP contribution in [-0.2, 0) is 14.3 Å². The molecule has 6 N–H and O–H groups in total. The maximum absolute atomic E-state index is 13.0. The molecule has 7 atom stereocenters. The van der Waals surface area contributed by atoms with Crippen molar-refractivity contribution >= 4 is 5.91 Å². The molecule has 1 aliphatic rings. The molecule has 1 saturated heterocycles. The lowest BCUT2D eigenvalue weighted by Gasteiger charge is -2.40. The van der Waals surface area contributed by atoms with Crippen molar-refractivity contribution in [3.8, 4) is 0 Å². The molecule has 2 unspecified atom stereocenters. The summed E-state index contributed by atoms with van der Waals surface area (Å²) < 4.78 is 11.3. The average Bonchev–Trinajstić information content (AvgIpc) is 3.27. The summed E-state index contributed by atoms with van der Waals surface area (Å²) in [7, 11) is 0. The third kappa shape index (κ3) is 33.6. The molecule has 0 aromatic heterocycles. The molecule has 0 radical (unpaired) electrons. The van der Waals surface area contributed by atoms with Crippen molar-refractivity contribution < 1.29 is 39.8 Å². The largest absolute Gasteiger partial charge is 0.394 e. The number of nitrogens with one attached hydrogen (secondary N) is 1. The number of aliphatic hydroxyl groups excluding tert-OH is 5. The predicted molar refractivity (Wildman–Crippen MR) is 258 cm³/mol. The van der Waals surface area contributed by atoms with Crippen molar-refractivity contribution in [3.05, 3.63) is 0 Å². The van der Waals surface area contributed by atoms with Crippen LogP contribution in [0.2, 0.25) is 0 Å². The van der Waals surface area contributed by atoms with Gasteiger partial charge in [0, 0.05) is 6.42 Å². The van der Waals surface area contributed by atoms with Gasteiger partial charge >= 0.3 is 0 Å². The maximum atomic E-state index is 13.0. The predicted octanol–water partition coefficient (Wildman–Crippen LogP) is 12.7. The van der Waals surface area contributed by atoms with E-state index in [0.29, 0.717) is 12.8 Å². The van der Waals surface area contributed by atoms with Crippen molar-refractivity contribution in [2.75, 3.05) is 13.2 Å². The fourth-order valence-corrected chi connectivity index (χ4v) is 9.11. The van der Waals surface area contributed by atoms with E-state index in [9.17, 15) is 30.3 Å². The Bertz CT molecular complexity index is 939. The molecule has 1 fully saturated rings. The van der Waals surface area contributed by atoms with Crippen LogP contribution in [0.25, 0.3) is 0 Å². The summed E-state index contributed by atoms with van der Waals surface area (Å²) in [6.07, 6.45) is 44.0. The molecule has 370 valence electrons. The third-order valence-corrected chi connectivity index (χ3v) is 13.5. The molecule has 62 heavy (non-hydrogen) atoms. The van der Waals surface area contributed by atoms with Gasteiger partial charge in [-0.25, -0.2) is 0 Å². The Morgan fingerprint density at radius 3 is 1.15 bits per heavy atom. The lowest BCUT2D eigenvalue weighted by atomic mass is 9.99. The Morgan fingerprint density at radius 2 is 0.806 bits per heavy atom. The number of hydrogen-bond acceptors (Lipinski definition) is 8. The monoisotopic (exact) mass is 884 g/mol. The quantitative estimate of drug-likeness (QED) is 0.0331. The highest BCUT2D eigenvalue weighted by Crippen LogP contribution is 2.23. The molecule has 9 nitrogen and oxygen atoms in total. The Kier molecular flexibility index (Phi) is 42.1. The minimum Gasteiger partial charge on any atom is -0.394 e. The molecule has 0 saturated carbocycles. The van der Waals surface area contributed by atoms with E-state index in [1.165, 1.54) is 212 Å². The van der Waals surface area contributed by atoms with Crippen LogP contribution in [0.4, 0.5) is 0 Å². The minimum atomic E-state index is -1.55. The Balaban J connectivity index is 2.21. The molecule has 1 amide bonds. The van der Waals surface area contributed by atoms with Gasteiger partial charge in [-0.2, -0.15) is 0 Å². The van der Waals surface area contributed by atoms with Crippen LogP contribution in [0.1, 0.15) is 277 Å². The van der Waals surface area contributed by atoms with E-state index in [1.807, 2.05) is 0 Å². The summed E-state index contributed by atoms with van der Waals surface area (Å²) in [5.74, 6) is -0.137. The summed E-state index contributed by atoms with van der Waals surface area (Å²) in [6, 6.07) is -0.712. The standard InChI is InChI=1S/C53H105NO8/c1-3-5-7-9-11-13-15-17-19-21-22-23-24-25-27-29-31-33-35-37-39-41-43-49(57)54-46(45-61-53-52(60)51(59)50(58)48(44-55)62-53)47(56)42-40-38-36-34-32-30-28-26-20-18-16-14-12-10-8-6-4-2/h46-48,50-53,55-56,58-60H,3-45H2,1-2H3,(H,54,57)/t46-,47+,48-,50-,51?,52?,53-/m0/s1. The normalized spacial score (nSPS) is 20.1. The molecule has 0 bridgehead atoms. The fourth-order valence-electron chi connectivity index (χ4n) is 9.11. The zero-order valence-corrected chi connectivity index (χ0v) is 40.9. The van der Waals surface area contributed by atoms with Crippen molar-refractivity contribution in [3.63, 3.8) is 0 Å². The van der Waals surface area contributed by atoms with Gasteiger partial charge in [-0.3, -0.25) is 4.79 Å².